The minimum Gasteiger partial charge on any atom is -0.427 e. The molecule has 38 heavy (non-hydrogen) atoms. The molecule has 0 unspecified atom stereocenters. The van der Waals surface area contributed by atoms with Crippen LogP contribution in [0.1, 0.15) is 81.2 Å². The minimum atomic E-state index is -0.748. The Morgan fingerprint density at radius 2 is 1.79 bits per heavy atom. The molecule has 10 heteroatoms. The number of rotatable bonds is 3. The average molecular weight is 552 g/mol. The summed E-state index contributed by atoms with van der Waals surface area (Å²) in [5.41, 5.74) is 2.48. The van der Waals surface area contributed by atoms with Crippen molar-refractivity contribution in [2.45, 2.75) is 77.0 Å². The third-order valence-electron chi connectivity index (χ3n) is 7.18. The van der Waals surface area contributed by atoms with Gasteiger partial charge in [0.1, 0.15) is 11.4 Å². The molecule has 0 amide bonds. The van der Waals surface area contributed by atoms with Crippen molar-refractivity contribution in [2.75, 3.05) is 0 Å². The standard InChI is InChI=1S/C28H30ClN5O3S/c1-28(2,3)36-27(35)37-33-15-19-14-20(29)12-13-22(19)34-24(16-33)30-31-26(34)18-10-8-17(9-11-18)25-21-6-4-5-7-23(21)38-32-25/h4-7,12-14,17-18H,8-11,15-16H2,1-3H3. The van der Waals surface area contributed by atoms with Gasteiger partial charge in [-0.05, 0) is 87.8 Å². The molecule has 1 aliphatic heterocycles. The first-order chi connectivity index (χ1) is 18.2. The molecule has 1 aliphatic carbocycles. The van der Waals surface area contributed by atoms with Crippen LogP contribution in [0.3, 0.4) is 0 Å². The average Bonchev–Trinajstić information content (AvgIpc) is 3.44. The minimum absolute atomic E-state index is 0.277. The zero-order valence-electron chi connectivity index (χ0n) is 21.7. The molecule has 0 N–H and O–H groups in total. The van der Waals surface area contributed by atoms with E-state index in [0.29, 0.717) is 24.0 Å². The summed E-state index contributed by atoms with van der Waals surface area (Å²) >= 11 is 7.96. The van der Waals surface area contributed by atoms with Crippen molar-refractivity contribution < 1.29 is 14.4 Å². The van der Waals surface area contributed by atoms with E-state index in [4.69, 9.17) is 25.5 Å². The Hall–Kier alpha value is -3.01. The fourth-order valence-electron chi connectivity index (χ4n) is 5.53. The summed E-state index contributed by atoms with van der Waals surface area (Å²) in [5, 5.41) is 12.7. The van der Waals surface area contributed by atoms with E-state index < -0.39 is 11.8 Å². The molecule has 2 aromatic carbocycles. The van der Waals surface area contributed by atoms with Gasteiger partial charge < -0.3 is 9.57 Å². The molecule has 198 valence electrons. The quantitative estimate of drug-likeness (QED) is 0.250. The van der Waals surface area contributed by atoms with Crippen molar-refractivity contribution in [3.63, 3.8) is 0 Å². The molecule has 6 rings (SSSR count). The molecule has 0 radical (unpaired) electrons. The smallest absolute Gasteiger partial charge is 0.427 e. The zero-order valence-corrected chi connectivity index (χ0v) is 23.3. The van der Waals surface area contributed by atoms with Crippen LogP contribution in [0.2, 0.25) is 5.02 Å². The van der Waals surface area contributed by atoms with Gasteiger partial charge in [0.05, 0.1) is 29.2 Å². The fraction of sp³-hybridized carbons (Fsp3) is 0.429. The van der Waals surface area contributed by atoms with E-state index in [0.717, 1.165) is 48.6 Å². The number of carbonyl (C=O) groups is 1. The Morgan fingerprint density at radius 3 is 2.58 bits per heavy atom. The molecule has 8 nitrogen and oxygen atoms in total. The number of ether oxygens (including phenoxy) is 1. The lowest BCUT2D eigenvalue weighted by molar-refractivity contribution is -0.155. The highest BCUT2D eigenvalue weighted by molar-refractivity contribution is 7.13. The number of hydroxylamine groups is 2. The van der Waals surface area contributed by atoms with Gasteiger partial charge in [0, 0.05) is 22.2 Å². The van der Waals surface area contributed by atoms with E-state index in [-0.39, 0.29) is 5.92 Å². The number of hydrogen-bond acceptors (Lipinski definition) is 8. The second-order valence-electron chi connectivity index (χ2n) is 11.0. The molecule has 1 fully saturated rings. The normalized spacial score (nSPS) is 20.0. The lowest BCUT2D eigenvalue weighted by Crippen LogP contribution is -2.31. The first kappa shape index (κ1) is 25.3. The molecule has 0 saturated heterocycles. The monoisotopic (exact) mass is 551 g/mol. The van der Waals surface area contributed by atoms with Crippen LogP contribution in [0.4, 0.5) is 4.79 Å². The van der Waals surface area contributed by atoms with Crippen LogP contribution in [0.5, 0.6) is 0 Å². The largest absolute Gasteiger partial charge is 0.528 e. The maximum absolute atomic E-state index is 12.4. The summed E-state index contributed by atoms with van der Waals surface area (Å²) in [5.74, 6) is 2.40. The molecule has 2 aromatic heterocycles. The number of benzene rings is 2. The number of aromatic nitrogens is 4. The number of hydrogen-bond donors (Lipinski definition) is 0. The Labute approximate surface area is 230 Å². The van der Waals surface area contributed by atoms with Crippen LogP contribution in [-0.2, 0) is 22.7 Å². The molecule has 3 heterocycles. The third-order valence-corrected chi connectivity index (χ3v) is 8.26. The van der Waals surface area contributed by atoms with Crippen LogP contribution in [0.15, 0.2) is 42.5 Å². The molecular weight excluding hydrogens is 522 g/mol. The number of fused-ring (bicyclic) bond motifs is 4. The summed E-state index contributed by atoms with van der Waals surface area (Å²) in [7, 11) is 0. The van der Waals surface area contributed by atoms with Crippen molar-refractivity contribution in [1.82, 2.24) is 24.2 Å². The van der Waals surface area contributed by atoms with Gasteiger partial charge in [-0.15, -0.1) is 15.3 Å². The molecule has 0 bridgehead atoms. The number of nitrogens with zero attached hydrogens (tertiary/aromatic N) is 5. The zero-order chi connectivity index (χ0) is 26.4. The van der Waals surface area contributed by atoms with Gasteiger partial charge in [-0.25, -0.2) is 4.79 Å². The predicted octanol–water partition coefficient (Wildman–Crippen LogP) is 7.15. The molecule has 0 spiro atoms. The number of halogens is 1. The SMILES string of the molecule is CC(C)(C)OC(=O)ON1Cc2cc(Cl)ccc2-n2c(nnc2C2CCC(c3nsc4ccccc34)CC2)C1. The summed E-state index contributed by atoms with van der Waals surface area (Å²) in [4.78, 5) is 18.0. The van der Waals surface area contributed by atoms with Crippen LogP contribution < -0.4 is 0 Å². The van der Waals surface area contributed by atoms with E-state index in [1.54, 1.807) is 37.4 Å². The summed E-state index contributed by atoms with van der Waals surface area (Å²) in [6.07, 6.45) is 3.39. The molecule has 0 atom stereocenters. The van der Waals surface area contributed by atoms with Gasteiger partial charge in [-0.1, -0.05) is 29.8 Å². The van der Waals surface area contributed by atoms with E-state index in [1.807, 2.05) is 18.2 Å². The van der Waals surface area contributed by atoms with Crippen LogP contribution in [0, 0.1) is 0 Å². The highest BCUT2D eigenvalue weighted by Gasteiger charge is 2.33. The Bertz CT molecular complexity index is 1490. The maximum Gasteiger partial charge on any atom is 0.528 e. The van der Waals surface area contributed by atoms with Gasteiger partial charge >= 0.3 is 6.16 Å². The Balaban J connectivity index is 1.26. The van der Waals surface area contributed by atoms with Crippen molar-refractivity contribution >= 4 is 39.4 Å². The first-order valence-electron chi connectivity index (χ1n) is 13.0. The predicted molar refractivity (Wildman–Crippen MR) is 147 cm³/mol. The van der Waals surface area contributed by atoms with Crippen LogP contribution >= 0.6 is 23.1 Å². The van der Waals surface area contributed by atoms with E-state index >= 15 is 0 Å². The van der Waals surface area contributed by atoms with Crippen LogP contribution in [-0.4, -0.2) is 36.0 Å². The maximum atomic E-state index is 12.4. The highest BCUT2D eigenvalue weighted by atomic mass is 35.5. The van der Waals surface area contributed by atoms with E-state index in [9.17, 15) is 4.79 Å². The van der Waals surface area contributed by atoms with Gasteiger partial charge in [0.15, 0.2) is 5.82 Å². The lowest BCUT2D eigenvalue weighted by Gasteiger charge is -2.27. The van der Waals surface area contributed by atoms with Crippen LogP contribution in [0.25, 0.3) is 15.8 Å². The number of carbonyl (C=O) groups excluding carboxylic acids is 1. The van der Waals surface area contributed by atoms with Crippen molar-refractivity contribution in [1.29, 1.82) is 0 Å². The summed E-state index contributed by atoms with van der Waals surface area (Å²) in [6, 6.07) is 14.3. The second-order valence-corrected chi connectivity index (χ2v) is 12.3. The first-order valence-corrected chi connectivity index (χ1v) is 14.1. The van der Waals surface area contributed by atoms with E-state index in [2.05, 4.69) is 39.0 Å². The Morgan fingerprint density at radius 1 is 1.03 bits per heavy atom. The van der Waals surface area contributed by atoms with Crippen molar-refractivity contribution in [3.05, 3.63) is 70.4 Å². The topological polar surface area (TPSA) is 82.4 Å². The van der Waals surface area contributed by atoms with Gasteiger partial charge in [-0.3, -0.25) is 4.57 Å². The van der Waals surface area contributed by atoms with E-state index in [1.165, 1.54) is 15.8 Å². The fourth-order valence-corrected chi connectivity index (χ4v) is 6.57. The second kappa shape index (κ2) is 9.94. The highest BCUT2D eigenvalue weighted by Crippen LogP contribution is 2.43. The van der Waals surface area contributed by atoms with Gasteiger partial charge in [-0.2, -0.15) is 4.37 Å². The molecule has 1 saturated carbocycles. The molecular formula is C28H30ClN5O3S. The van der Waals surface area contributed by atoms with Crippen molar-refractivity contribution in [3.8, 4) is 5.69 Å². The van der Waals surface area contributed by atoms with Gasteiger partial charge in [0.2, 0.25) is 0 Å². The third kappa shape index (κ3) is 5.02. The van der Waals surface area contributed by atoms with Crippen molar-refractivity contribution in [2.24, 2.45) is 0 Å². The molecule has 2 aliphatic rings. The lowest BCUT2D eigenvalue weighted by atomic mass is 9.79. The summed E-state index contributed by atoms with van der Waals surface area (Å²) < 4.78 is 13.6. The van der Waals surface area contributed by atoms with Gasteiger partial charge in [0.25, 0.3) is 0 Å². The Kier molecular flexibility index (Phi) is 6.62. The summed E-state index contributed by atoms with van der Waals surface area (Å²) in [6.45, 7) is 6.07. The molecule has 4 aromatic rings.